The van der Waals surface area contributed by atoms with Gasteiger partial charge in [0.1, 0.15) is 23.0 Å². The lowest BCUT2D eigenvalue weighted by Gasteiger charge is -2.33. The van der Waals surface area contributed by atoms with Gasteiger partial charge in [0.2, 0.25) is 0 Å². The van der Waals surface area contributed by atoms with E-state index in [9.17, 15) is 14.9 Å². The number of nitriles is 1. The lowest BCUT2D eigenvalue weighted by atomic mass is 10.1. The molecule has 164 valence electrons. The fraction of sp³-hybridized carbons (Fsp3) is 0.381. The minimum absolute atomic E-state index is 0. The number of rotatable bonds is 3. The first kappa shape index (κ1) is 22.9. The predicted octanol–water partition coefficient (Wildman–Crippen LogP) is 1.96. The molecule has 0 radical (unpaired) electrons. The fourth-order valence-corrected chi connectivity index (χ4v) is 4.48. The van der Waals surface area contributed by atoms with Gasteiger partial charge in [-0.15, -0.1) is 12.4 Å². The predicted molar refractivity (Wildman–Crippen MR) is 124 cm³/mol. The molecule has 0 aliphatic carbocycles. The van der Waals surface area contributed by atoms with Crippen molar-refractivity contribution in [2.24, 2.45) is 19.8 Å². The Hall–Kier alpha value is -2.73. The maximum atomic E-state index is 13.2. The van der Waals surface area contributed by atoms with Crippen molar-refractivity contribution in [1.29, 1.82) is 5.26 Å². The van der Waals surface area contributed by atoms with Crippen molar-refractivity contribution in [1.82, 2.24) is 13.7 Å². The van der Waals surface area contributed by atoms with Crippen molar-refractivity contribution in [3.8, 4) is 6.07 Å². The number of hydrogen-bond acceptors (Lipinski definition) is 5. The third-order valence-electron chi connectivity index (χ3n) is 5.78. The number of nitrogens with two attached hydrogens (primary N) is 1. The molecular weight excluding hydrogens is 439 g/mol. The number of hydrogen-bond donors (Lipinski definition) is 1. The summed E-state index contributed by atoms with van der Waals surface area (Å²) in [7, 11) is 3.02. The number of aryl methyl sites for hydroxylation is 1. The van der Waals surface area contributed by atoms with Crippen molar-refractivity contribution in [2.75, 3.05) is 18.0 Å². The summed E-state index contributed by atoms with van der Waals surface area (Å²) >= 11 is 6.40. The van der Waals surface area contributed by atoms with Gasteiger partial charge >= 0.3 is 5.69 Å². The molecule has 1 saturated heterocycles. The van der Waals surface area contributed by atoms with E-state index in [1.54, 1.807) is 13.1 Å². The highest BCUT2D eigenvalue weighted by molar-refractivity contribution is 6.31. The second kappa shape index (κ2) is 8.79. The number of piperidine rings is 1. The molecule has 1 fully saturated rings. The molecular formula is C21H24Cl2N6O2. The summed E-state index contributed by atoms with van der Waals surface area (Å²) < 4.78 is 4.25. The summed E-state index contributed by atoms with van der Waals surface area (Å²) in [6.45, 7) is 1.59. The molecule has 3 heterocycles. The second-order valence-corrected chi connectivity index (χ2v) is 8.15. The van der Waals surface area contributed by atoms with Gasteiger partial charge in [0.05, 0.1) is 12.1 Å². The molecule has 4 rings (SSSR count). The topological polar surface area (TPSA) is 102 Å². The first-order valence-electron chi connectivity index (χ1n) is 9.81. The monoisotopic (exact) mass is 462 g/mol. The largest absolute Gasteiger partial charge is 0.355 e. The summed E-state index contributed by atoms with van der Waals surface area (Å²) in [4.78, 5) is 27.8. The van der Waals surface area contributed by atoms with Crippen LogP contribution in [0.2, 0.25) is 5.02 Å². The Labute approximate surface area is 190 Å². The van der Waals surface area contributed by atoms with Crippen LogP contribution in [0.25, 0.3) is 11.0 Å². The van der Waals surface area contributed by atoms with Crippen LogP contribution < -0.4 is 21.9 Å². The Kier molecular flexibility index (Phi) is 6.51. The van der Waals surface area contributed by atoms with E-state index in [2.05, 4.69) is 6.07 Å². The van der Waals surface area contributed by atoms with Gasteiger partial charge < -0.3 is 15.2 Å². The number of halogens is 2. The Balaban J connectivity index is 0.00000272. The summed E-state index contributed by atoms with van der Waals surface area (Å²) in [5.74, 6) is 0.612. The first-order chi connectivity index (χ1) is 14.3. The summed E-state index contributed by atoms with van der Waals surface area (Å²) in [6, 6.07) is 9.61. The van der Waals surface area contributed by atoms with Gasteiger partial charge in [-0.2, -0.15) is 5.26 Å². The van der Waals surface area contributed by atoms with Crippen LogP contribution in [0.3, 0.4) is 0 Å². The van der Waals surface area contributed by atoms with Gasteiger partial charge in [-0.05, 0) is 24.5 Å². The first-order valence-corrected chi connectivity index (χ1v) is 10.2. The number of anilines is 1. The third-order valence-corrected chi connectivity index (χ3v) is 6.15. The third kappa shape index (κ3) is 3.74. The highest BCUT2D eigenvalue weighted by Crippen LogP contribution is 2.33. The van der Waals surface area contributed by atoms with Crippen LogP contribution in [-0.4, -0.2) is 32.8 Å². The number of aromatic nitrogens is 3. The van der Waals surface area contributed by atoms with E-state index in [-0.39, 0.29) is 18.4 Å². The standard InChI is InChI=1S/C21H23ClN6O2.ClH/c1-25-17-15(10-23)19(27-9-5-7-14(24)12-27)28(11-13-6-3-4-8-16(13)22)18(17)20(29)26(2)21(25)30;/h3-4,6,8,14H,5,7,9,11-12,24H2,1-2H3;1H/t14-;/m1./s1. The minimum atomic E-state index is -0.471. The van der Waals surface area contributed by atoms with E-state index in [0.29, 0.717) is 40.5 Å². The molecule has 1 aliphatic rings. The average Bonchev–Trinajstić information content (AvgIpc) is 3.06. The highest BCUT2D eigenvalue weighted by atomic mass is 35.5. The molecule has 0 unspecified atom stereocenters. The molecule has 31 heavy (non-hydrogen) atoms. The lowest BCUT2D eigenvalue weighted by molar-refractivity contribution is 0.498. The molecule has 2 N–H and O–H groups in total. The van der Waals surface area contributed by atoms with Crippen LogP contribution in [0.1, 0.15) is 24.0 Å². The van der Waals surface area contributed by atoms with E-state index in [0.717, 1.165) is 29.5 Å². The van der Waals surface area contributed by atoms with Gasteiger partial charge in [0.15, 0.2) is 0 Å². The molecule has 1 atom stereocenters. The molecule has 0 saturated carbocycles. The van der Waals surface area contributed by atoms with E-state index >= 15 is 0 Å². The zero-order valence-electron chi connectivity index (χ0n) is 17.3. The van der Waals surface area contributed by atoms with Gasteiger partial charge in [-0.25, -0.2) is 4.79 Å². The molecule has 2 aromatic heterocycles. The molecule has 0 bridgehead atoms. The van der Waals surface area contributed by atoms with Gasteiger partial charge in [0, 0.05) is 38.2 Å². The average molecular weight is 463 g/mol. The molecule has 1 aromatic carbocycles. The summed E-state index contributed by atoms with van der Waals surface area (Å²) in [5, 5.41) is 10.6. The number of nitrogens with zero attached hydrogens (tertiary/aromatic N) is 5. The Morgan fingerprint density at radius 1 is 1.19 bits per heavy atom. The minimum Gasteiger partial charge on any atom is -0.355 e. The van der Waals surface area contributed by atoms with E-state index in [4.69, 9.17) is 17.3 Å². The van der Waals surface area contributed by atoms with Crippen LogP contribution in [0, 0.1) is 11.3 Å². The molecule has 3 aromatic rings. The summed E-state index contributed by atoms with van der Waals surface area (Å²) in [5.41, 5.74) is 7.07. The van der Waals surface area contributed by atoms with Crippen LogP contribution in [-0.2, 0) is 20.6 Å². The second-order valence-electron chi connectivity index (χ2n) is 7.74. The quantitative estimate of drug-likeness (QED) is 0.640. The fourth-order valence-electron chi connectivity index (χ4n) is 4.29. The van der Waals surface area contributed by atoms with Crippen LogP contribution in [0.15, 0.2) is 33.9 Å². The van der Waals surface area contributed by atoms with Crippen LogP contribution >= 0.6 is 24.0 Å². The maximum Gasteiger partial charge on any atom is 0.331 e. The van der Waals surface area contributed by atoms with Gasteiger partial charge in [-0.3, -0.25) is 13.9 Å². The Morgan fingerprint density at radius 3 is 2.55 bits per heavy atom. The zero-order chi connectivity index (χ0) is 21.6. The van der Waals surface area contributed by atoms with Crippen LogP contribution in [0.5, 0.6) is 0 Å². The van der Waals surface area contributed by atoms with Gasteiger partial charge in [-0.1, -0.05) is 29.8 Å². The van der Waals surface area contributed by atoms with E-state index < -0.39 is 11.2 Å². The smallest absolute Gasteiger partial charge is 0.331 e. The van der Waals surface area contributed by atoms with Crippen LogP contribution in [0.4, 0.5) is 5.82 Å². The molecule has 1 aliphatic heterocycles. The molecule has 10 heteroatoms. The highest BCUT2D eigenvalue weighted by Gasteiger charge is 2.29. The van der Waals surface area contributed by atoms with Crippen molar-refractivity contribution in [3.63, 3.8) is 0 Å². The zero-order valence-corrected chi connectivity index (χ0v) is 18.9. The Morgan fingerprint density at radius 2 is 1.90 bits per heavy atom. The van der Waals surface area contributed by atoms with Crippen molar-refractivity contribution in [2.45, 2.75) is 25.4 Å². The molecule has 0 spiro atoms. The SMILES string of the molecule is Cl.Cn1c(=O)c2c(c(C#N)c(N3CCC[C@@H](N)C3)n2Cc2ccccc2Cl)n(C)c1=O. The normalized spacial score (nSPS) is 16.2. The van der Waals surface area contributed by atoms with Crippen molar-refractivity contribution in [3.05, 3.63) is 61.3 Å². The van der Waals surface area contributed by atoms with E-state index in [1.165, 1.54) is 11.6 Å². The maximum absolute atomic E-state index is 13.2. The van der Waals surface area contributed by atoms with Crippen molar-refractivity contribution >= 4 is 40.9 Å². The summed E-state index contributed by atoms with van der Waals surface area (Å²) in [6.07, 6.45) is 1.79. The van der Waals surface area contributed by atoms with Crippen molar-refractivity contribution < 1.29 is 0 Å². The Bertz CT molecular complexity index is 1300. The lowest BCUT2D eigenvalue weighted by Crippen LogP contribution is -2.44. The van der Waals surface area contributed by atoms with Gasteiger partial charge in [0.25, 0.3) is 5.56 Å². The number of benzene rings is 1. The number of fused-ring (bicyclic) bond motifs is 1. The molecule has 8 nitrogen and oxygen atoms in total. The molecule has 0 amide bonds. The van der Waals surface area contributed by atoms with E-state index in [1.807, 2.05) is 27.7 Å².